The van der Waals surface area contributed by atoms with E-state index >= 15 is 0 Å². The zero-order valence-electron chi connectivity index (χ0n) is 15.0. The van der Waals surface area contributed by atoms with Gasteiger partial charge in [-0.15, -0.1) is 0 Å². The number of nitrogens with one attached hydrogen (secondary N) is 2. The maximum atomic E-state index is 12.3. The van der Waals surface area contributed by atoms with Crippen LogP contribution in [0.5, 0.6) is 0 Å². The Hall–Kier alpha value is -3.51. The molecule has 0 radical (unpaired) electrons. The van der Waals surface area contributed by atoms with E-state index in [-0.39, 0.29) is 5.91 Å². The summed E-state index contributed by atoms with van der Waals surface area (Å²) in [7, 11) is 0. The Bertz CT molecular complexity index is 1050. The van der Waals surface area contributed by atoms with Crippen molar-refractivity contribution in [2.24, 2.45) is 5.10 Å². The number of rotatable bonds is 5. The van der Waals surface area contributed by atoms with Crippen LogP contribution in [0.1, 0.15) is 32.1 Å². The summed E-state index contributed by atoms with van der Waals surface area (Å²) >= 11 is 6.04. The van der Waals surface area contributed by atoms with Crippen LogP contribution in [0, 0.1) is 6.92 Å². The highest BCUT2D eigenvalue weighted by molar-refractivity contribution is 6.34. The maximum absolute atomic E-state index is 12.3. The minimum absolute atomic E-state index is 0.353. The molecular formula is C21H17ClN4O2. The third-order valence-corrected chi connectivity index (χ3v) is 4.10. The summed E-state index contributed by atoms with van der Waals surface area (Å²) in [5, 5.41) is 7.00. The number of carbonyl (C=O) groups is 2. The number of aryl methyl sites for hydroxylation is 1. The van der Waals surface area contributed by atoms with E-state index in [9.17, 15) is 9.59 Å². The number of amides is 2. The second kappa shape index (κ2) is 8.92. The van der Waals surface area contributed by atoms with E-state index in [4.69, 9.17) is 11.6 Å². The number of benzene rings is 2. The summed E-state index contributed by atoms with van der Waals surface area (Å²) in [4.78, 5) is 28.9. The topological polar surface area (TPSA) is 83.5 Å². The molecule has 6 nitrogen and oxygen atoms in total. The Labute approximate surface area is 167 Å². The van der Waals surface area contributed by atoms with Gasteiger partial charge in [-0.3, -0.25) is 14.6 Å². The Balaban J connectivity index is 1.66. The Kier molecular flexibility index (Phi) is 6.14. The molecule has 2 amide bonds. The normalized spacial score (nSPS) is 10.6. The summed E-state index contributed by atoms with van der Waals surface area (Å²) in [6.07, 6.45) is 1.47. The second-order valence-electron chi connectivity index (χ2n) is 5.92. The highest BCUT2D eigenvalue weighted by Crippen LogP contribution is 2.18. The van der Waals surface area contributed by atoms with Crippen molar-refractivity contribution in [3.8, 4) is 0 Å². The first-order valence-corrected chi connectivity index (χ1v) is 8.84. The summed E-state index contributed by atoms with van der Waals surface area (Å²) in [6, 6.07) is 18.8. The van der Waals surface area contributed by atoms with Crippen molar-refractivity contribution in [2.75, 3.05) is 5.32 Å². The summed E-state index contributed by atoms with van der Waals surface area (Å²) in [6.45, 7) is 1.87. The number of anilines is 1. The van der Waals surface area contributed by atoms with Crippen molar-refractivity contribution in [3.63, 3.8) is 0 Å². The largest absolute Gasteiger partial charge is 0.322 e. The predicted molar refractivity (Wildman–Crippen MR) is 110 cm³/mol. The number of halogens is 1. The molecule has 3 aromatic rings. The lowest BCUT2D eigenvalue weighted by Gasteiger charge is -2.08. The Morgan fingerprint density at radius 3 is 2.57 bits per heavy atom. The monoisotopic (exact) mass is 392 g/mol. The van der Waals surface area contributed by atoms with E-state index in [1.807, 2.05) is 19.1 Å². The number of hydrazone groups is 1. The molecular weight excluding hydrogens is 376 g/mol. The number of nitrogens with zero attached hydrogens (tertiary/aromatic N) is 2. The van der Waals surface area contributed by atoms with Crippen LogP contribution in [0.25, 0.3) is 0 Å². The minimum Gasteiger partial charge on any atom is -0.322 e. The molecule has 0 unspecified atom stereocenters. The van der Waals surface area contributed by atoms with Gasteiger partial charge in [0.2, 0.25) is 0 Å². The summed E-state index contributed by atoms with van der Waals surface area (Å²) in [5.41, 5.74) is 5.13. The molecule has 2 aromatic carbocycles. The third-order valence-electron chi connectivity index (χ3n) is 3.77. The lowest BCUT2D eigenvalue weighted by atomic mass is 10.1. The van der Waals surface area contributed by atoms with Gasteiger partial charge in [-0.25, -0.2) is 5.43 Å². The number of aromatic nitrogens is 1. The molecule has 140 valence electrons. The van der Waals surface area contributed by atoms with Crippen LogP contribution in [-0.4, -0.2) is 23.0 Å². The molecule has 7 heteroatoms. The van der Waals surface area contributed by atoms with Crippen LogP contribution in [0.2, 0.25) is 5.02 Å². The first-order valence-electron chi connectivity index (χ1n) is 8.46. The molecule has 1 heterocycles. The third kappa shape index (κ3) is 5.02. The van der Waals surface area contributed by atoms with Crippen LogP contribution in [0.15, 0.2) is 71.8 Å². The van der Waals surface area contributed by atoms with Crippen molar-refractivity contribution in [3.05, 3.63) is 94.3 Å². The predicted octanol–water partition coefficient (Wildman–Crippen LogP) is 4.06. The van der Waals surface area contributed by atoms with Gasteiger partial charge in [0.15, 0.2) is 0 Å². The minimum atomic E-state index is -0.405. The van der Waals surface area contributed by atoms with E-state index in [0.29, 0.717) is 27.5 Å². The second-order valence-corrected chi connectivity index (χ2v) is 6.32. The lowest BCUT2D eigenvalue weighted by Crippen LogP contribution is -2.18. The van der Waals surface area contributed by atoms with Crippen LogP contribution < -0.4 is 10.7 Å². The average molecular weight is 393 g/mol. The van der Waals surface area contributed by atoms with Crippen LogP contribution >= 0.6 is 11.6 Å². The molecule has 3 rings (SSSR count). The van der Waals surface area contributed by atoms with E-state index in [2.05, 4.69) is 20.8 Å². The molecule has 0 fully saturated rings. The molecule has 28 heavy (non-hydrogen) atoms. The maximum Gasteiger partial charge on any atom is 0.271 e. The number of pyridine rings is 1. The van der Waals surface area contributed by atoms with Gasteiger partial charge in [0, 0.05) is 16.9 Å². The number of carbonyl (C=O) groups excluding carboxylic acids is 2. The van der Waals surface area contributed by atoms with Crippen molar-refractivity contribution in [2.45, 2.75) is 6.92 Å². The van der Waals surface area contributed by atoms with E-state index in [0.717, 1.165) is 5.69 Å². The summed E-state index contributed by atoms with van der Waals surface area (Å²) in [5.74, 6) is -0.760. The van der Waals surface area contributed by atoms with Gasteiger partial charge in [0.05, 0.1) is 22.5 Å². The van der Waals surface area contributed by atoms with Gasteiger partial charge < -0.3 is 5.32 Å². The van der Waals surface area contributed by atoms with Crippen molar-refractivity contribution in [1.29, 1.82) is 0 Å². The van der Waals surface area contributed by atoms with Gasteiger partial charge in [-0.05, 0) is 49.4 Å². The molecule has 0 aliphatic heterocycles. The lowest BCUT2D eigenvalue weighted by molar-refractivity contribution is 0.0953. The average Bonchev–Trinajstić information content (AvgIpc) is 2.68. The Morgan fingerprint density at radius 1 is 1.00 bits per heavy atom. The first-order chi connectivity index (χ1) is 13.5. The smallest absolute Gasteiger partial charge is 0.271 e. The first kappa shape index (κ1) is 19.3. The molecule has 1 aromatic heterocycles. The van der Waals surface area contributed by atoms with E-state index in [1.54, 1.807) is 54.6 Å². The highest BCUT2D eigenvalue weighted by Gasteiger charge is 2.11. The standard InChI is InChI=1S/C21H17ClN4O2/c1-14-6-4-9-17(24-14)13-23-26-20(27)15-7-5-8-16(12-15)25-21(28)18-10-2-3-11-19(18)22/h2-13H,1H3,(H,25,28)(H,26,27). The van der Waals surface area contributed by atoms with Crippen LogP contribution in [0.3, 0.4) is 0 Å². The molecule has 0 atom stereocenters. The van der Waals surface area contributed by atoms with Crippen molar-refractivity contribution in [1.82, 2.24) is 10.4 Å². The van der Waals surface area contributed by atoms with Gasteiger partial charge in [0.25, 0.3) is 11.8 Å². The van der Waals surface area contributed by atoms with Crippen molar-refractivity contribution < 1.29 is 9.59 Å². The van der Waals surface area contributed by atoms with Crippen molar-refractivity contribution >= 4 is 35.3 Å². The van der Waals surface area contributed by atoms with E-state index < -0.39 is 5.91 Å². The van der Waals surface area contributed by atoms with Crippen LogP contribution in [0.4, 0.5) is 5.69 Å². The van der Waals surface area contributed by atoms with E-state index in [1.165, 1.54) is 6.21 Å². The highest BCUT2D eigenvalue weighted by atomic mass is 35.5. The zero-order valence-corrected chi connectivity index (χ0v) is 15.8. The molecule has 0 aliphatic carbocycles. The molecule has 2 N–H and O–H groups in total. The molecule has 0 bridgehead atoms. The fraction of sp³-hybridized carbons (Fsp3) is 0.0476. The molecule has 0 aliphatic rings. The molecule has 0 saturated heterocycles. The Morgan fingerprint density at radius 2 is 1.79 bits per heavy atom. The van der Waals surface area contributed by atoms with Gasteiger partial charge in [-0.1, -0.05) is 35.9 Å². The van der Waals surface area contributed by atoms with Gasteiger partial charge in [0.1, 0.15) is 0 Å². The fourth-order valence-corrected chi connectivity index (χ4v) is 2.66. The van der Waals surface area contributed by atoms with Gasteiger partial charge >= 0.3 is 0 Å². The SMILES string of the molecule is Cc1cccc(C=NNC(=O)c2cccc(NC(=O)c3ccccc3Cl)c2)n1. The molecule has 0 saturated carbocycles. The zero-order chi connectivity index (χ0) is 19.9. The van der Waals surface area contributed by atoms with Gasteiger partial charge in [-0.2, -0.15) is 5.10 Å². The number of hydrogen-bond acceptors (Lipinski definition) is 4. The summed E-state index contributed by atoms with van der Waals surface area (Å²) < 4.78 is 0. The molecule has 0 spiro atoms. The quantitative estimate of drug-likeness (QED) is 0.507. The number of hydrogen-bond donors (Lipinski definition) is 2. The van der Waals surface area contributed by atoms with Crippen LogP contribution in [-0.2, 0) is 0 Å². The fourth-order valence-electron chi connectivity index (χ4n) is 2.44.